The van der Waals surface area contributed by atoms with E-state index in [-0.39, 0.29) is 11.8 Å². The van der Waals surface area contributed by atoms with Gasteiger partial charge in [0.25, 0.3) is 0 Å². The number of nitrogens with zero attached hydrogens (tertiary/aromatic N) is 5. The molecule has 2 aromatic heterocycles. The van der Waals surface area contributed by atoms with Gasteiger partial charge in [-0.15, -0.1) is 0 Å². The summed E-state index contributed by atoms with van der Waals surface area (Å²) >= 11 is 0. The Hall–Kier alpha value is -2.22. The zero-order valence-corrected chi connectivity index (χ0v) is 14.5. The first kappa shape index (κ1) is 16.3. The van der Waals surface area contributed by atoms with Crippen molar-refractivity contribution in [3.63, 3.8) is 0 Å². The number of hydrogen-bond donors (Lipinski definition) is 1. The monoisotopic (exact) mass is 344 g/mol. The van der Waals surface area contributed by atoms with Gasteiger partial charge < -0.3 is 9.84 Å². The number of aryl methyl sites for hydroxylation is 1. The topological polar surface area (TPSA) is 89.1 Å². The van der Waals surface area contributed by atoms with Crippen LogP contribution < -0.4 is 5.32 Å². The van der Waals surface area contributed by atoms with Crippen LogP contribution in [0.1, 0.15) is 50.2 Å². The van der Waals surface area contributed by atoms with E-state index in [4.69, 9.17) is 4.52 Å². The molecule has 8 nitrogen and oxygen atoms in total. The van der Waals surface area contributed by atoms with Gasteiger partial charge in [-0.2, -0.15) is 10.1 Å². The predicted octanol–water partition coefficient (Wildman–Crippen LogP) is 2.01. The van der Waals surface area contributed by atoms with Crippen molar-refractivity contribution in [3.8, 4) is 0 Å². The SMILES string of the molecule is CCn1cc(NC(=O)C2CCN(Cc3nc(C4CC4)no3)CC2)cn1. The molecule has 2 aromatic rings. The van der Waals surface area contributed by atoms with Crippen molar-refractivity contribution in [1.29, 1.82) is 0 Å². The summed E-state index contributed by atoms with van der Waals surface area (Å²) < 4.78 is 7.15. The average Bonchev–Trinajstić information content (AvgIpc) is 3.21. The van der Waals surface area contributed by atoms with Gasteiger partial charge in [0, 0.05) is 24.6 Å². The van der Waals surface area contributed by atoms with Gasteiger partial charge in [0.2, 0.25) is 11.8 Å². The van der Waals surface area contributed by atoms with Gasteiger partial charge in [0.15, 0.2) is 5.82 Å². The standard InChI is InChI=1S/C17H24N6O2/c1-2-23-10-14(9-18-23)19-17(24)13-5-7-22(8-6-13)11-15-20-16(21-25-15)12-3-4-12/h9-10,12-13H,2-8,11H2,1H3,(H,19,24). The van der Waals surface area contributed by atoms with Gasteiger partial charge in [0.05, 0.1) is 18.4 Å². The van der Waals surface area contributed by atoms with Crippen molar-refractivity contribution >= 4 is 11.6 Å². The lowest BCUT2D eigenvalue weighted by Crippen LogP contribution is -2.37. The smallest absolute Gasteiger partial charge is 0.240 e. The maximum atomic E-state index is 12.4. The molecule has 8 heteroatoms. The quantitative estimate of drug-likeness (QED) is 0.862. The van der Waals surface area contributed by atoms with Crippen molar-refractivity contribution in [3.05, 3.63) is 24.1 Å². The Balaban J connectivity index is 1.24. The Labute approximate surface area is 146 Å². The first-order valence-electron chi connectivity index (χ1n) is 9.09. The normalized spacial score (nSPS) is 19.2. The summed E-state index contributed by atoms with van der Waals surface area (Å²) in [7, 11) is 0. The summed E-state index contributed by atoms with van der Waals surface area (Å²) in [6.07, 6.45) is 7.60. The summed E-state index contributed by atoms with van der Waals surface area (Å²) in [6.45, 7) is 5.23. The number of piperidine rings is 1. The largest absolute Gasteiger partial charge is 0.338 e. The summed E-state index contributed by atoms with van der Waals surface area (Å²) in [6, 6.07) is 0. The number of carbonyl (C=O) groups is 1. The number of nitrogens with one attached hydrogen (secondary N) is 1. The number of carbonyl (C=O) groups excluding carboxylic acids is 1. The highest BCUT2D eigenvalue weighted by Gasteiger charge is 2.30. The fraction of sp³-hybridized carbons (Fsp3) is 0.647. The second-order valence-electron chi connectivity index (χ2n) is 6.94. The minimum atomic E-state index is 0.0472. The Morgan fingerprint density at radius 1 is 1.32 bits per heavy atom. The zero-order chi connectivity index (χ0) is 17.2. The summed E-state index contributed by atoms with van der Waals surface area (Å²) in [5.41, 5.74) is 0.771. The summed E-state index contributed by atoms with van der Waals surface area (Å²) in [5, 5.41) is 11.2. The Bertz CT molecular complexity index is 727. The third kappa shape index (κ3) is 3.89. The fourth-order valence-corrected chi connectivity index (χ4v) is 3.23. The summed E-state index contributed by atoms with van der Waals surface area (Å²) in [4.78, 5) is 19.2. The molecule has 0 spiro atoms. The van der Waals surface area contributed by atoms with E-state index < -0.39 is 0 Å². The molecule has 1 saturated carbocycles. The lowest BCUT2D eigenvalue weighted by Gasteiger charge is -2.30. The average molecular weight is 344 g/mol. The van der Waals surface area contributed by atoms with Crippen molar-refractivity contribution in [2.75, 3.05) is 18.4 Å². The van der Waals surface area contributed by atoms with Gasteiger partial charge in [-0.25, -0.2) is 0 Å². The number of likely N-dealkylation sites (tertiary alicyclic amines) is 1. The number of rotatable bonds is 6. The third-order valence-corrected chi connectivity index (χ3v) is 4.97. The van der Waals surface area contributed by atoms with Crippen molar-refractivity contribution in [2.24, 2.45) is 5.92 Å². The van der Waals surface area contributed by atoms with Crippen LogP contribution >= 0.6 is 0 Å². The van der Waals surface area contributed by atoms with Gasteiger partial charge in [-0.05, 0) is 45.7 Å². The molecular formula is C17H24N6O2. The maximum absolute atomic E-state index is 12.4. The van der Waals surface area contributed by atoms with Crippen LogP contribution in [-0.4, -0.2) is 43.8 Å². The molecule has 0 atom stereocenters. The highest BCUT2D eigenvalue weighted by molar-refractivity contribution is 5.92. The van der Waals surface area contributed by atoms with Crippen LogP contribution in [0.25, 0.3) is 0 Å². The van der Waals surface area contributed by atoms with Crippen LogP contribution in [0, 0.1) is 5.92 Å². The molecule has 1 N–H and O–H groups in total. The highest BCUT2D eigenvalue weighted by Crippen LogP contribution is 2.38. The number of anilines is 1. The molecule has 1 aliphatic heterocycles. The molecule has 25 heavy (non-hydrogen) atoms. The molecule has 0 radical (unpaired) electrons. The third-order valence-electron chi connectivity index (χ3n) is 4.97. The molecule has 3 heterocycles. The van der Waals surface area contributed by atoms with Crippen molar-refractivity contribution in [2.45, 2.75) is 51.6 Å². The highest BCUT2D eigenvalue weighted by atomic mass is 16.5. The van der Waals surface area contributed by atoms with Crippen molar-refractivity contribution in [1.82, 2.24) is 24.8 Å². The van der Waals surface area contributed by atoms with Crippen LogP contribution in [-0.2, 0) is 17.9 Å². The fourth-order valence-electron chi connectivity index (χ4n) is 3.23. The number of hydrogen-bond acceptors (Lipinski definition) is 6. The minimum absolute atomic E-state index is 0.0472. The van der Waals surface area contributed by atoms with Gasteiger partial charge in [-0.1, -0.05) is 5.16 Å². The molecule has 4 rings (SSSR count). The molecule has 1 amide bonds. The van der Waals surface area contributed by atoms with E-state index in [1.807, 2.05) is 13.1 Å². The van der Waals surface area contributed by atoms with Gasteiger partial charge >= 0.3 is 0 Å². The Morgan fingerprint density at radius 3 is 2.80 bits per heavy atom. The van der Waals surface area contributed by atoms with E-state index in [9.17, 15) is 4.79 Å². The molecule has 0 bridgehead atoms. The molecular weight excluding hydrogens is 320 g/mol. The van der Waals surface area contributed by atoms with E-state index in [2.05, 4.69) is 25.5 Å². The van der Waals surface area contributed by atoms with E-state index in [1.54, 1.807) is 10.9 Å². The van der Waals surface area contributed by atoms with Gasteiger partial charge in [-0.3, -0.25) is 14.4 Å². The molecule has 0 unspecified atom stereocenters. The lowest BCUT2D eigenvalue weighted by atomic mass is 9.96. The van der Waals surface area contributed by atoms with Crippen LogP contribution in [0.3, 0.4) is 0 Å². The van der Waals surface area contributed by atoms with Crippen LogP contribution in [0.4, 0.5) is 5.69 Å². The van der Waals surface area contributed by atoms with E-state index >= 15 is 0 Å². The van der Waals surface area contributed by atoms with Crippen molar-refractivity contribution < 1.29 is 9.32 Å². The first-order valence-corrected chi connectivity index (χ1v) is 9.09. The maximum Gasteiger partial charge on any atom is 0.240 e. The van der Waals surface area contributed by atoms with Crippen LogP contribution in [0.2, 0.25) is 0 Å². The molecule has 1 saturated heterocycles. The molecule has 0 aromatic carbocycles. The molecule has 2 aliphatic rings. The van der Waals surface area contributed by atoms with Crippen LogP contribution in [0.15, 0.2) is 16.9 Å². The summed E-state index contributed by atoms with van der Waals surface area (Å²) in [5.74, 6) is 2.20. The number of aromatic nitrogens is 4. The number of amides is 1. The predicted molar refractivity (Wildman–Crippen MR) is 90.8 cm³/mol. The Morgan fingerprint density at radius 2 is 2.12 bits per heavy atom. The van der Waals surface area contributed by atoms with E-state index in [1.165, 1.54) is 12.8 Å². The Kier molecular flexibility index (Phi) is 4.52. The second kappa shape index (κ2) is 6.95. The van der Waals surface area contributed by atoms with Crippen LogP contribution in [0.5, 0.6) is 0 Å². The second-order valence-corrected chi connectivity index (χ2v) is 6.94. The van der Waals surface area contributed by atoms with Gasteiger partial charge in [0.1, 0.15) is 0 Å². The molecule has 2 fully saturated rings. The van der Waals surface area contributed by atoms with E-state index in [0.29, 0.717) is 18.4 Å². The zero-order valence-electron chi connectivity index (χ0n) is 14.5. The minimum Gasteiger partial charge on any atom is -0.338 e. The lowest BCUT2D eigenvalue weighted by molar-refractivity contribution is -0.121. The molecule has 1 aliphatic carbocycles. The van der Waals surface area contributed by atoms with E-state index in [0.717, 1.165) is 44.0 Å². The first-order chi connectivity index (χ1) is 12.2. The molecule has 134 valence electrons.